The first-order chi connectivity index (χ1) is 11.6. The van der Waals surface area contributed by atoms with Gasteiger partial charge in [0, 0.05) is 25.7 Å². The number of fused-ring (bicyclic) bond motifs is 1. The van der Waals surface area contributed by atoms with E-state index in [1.807, 2.05) is 37.2 Å². The van der Waals surface area contributed by atoms with Gasteiger partial charge in [-0.25, -0.2) is 0 Å². The van der Waals surface area contributed by atoms with Crippen molar-refractivity contribution in [3.05, 3.63) is 23.8 Å². The lowest BCUT2D eigenvalue weighted by molar-refractivity contribution is -0.131. The Kier molecular flexibility index (Phi) is 5.26. The number of carbonyl (C=O) groups is 1. The van der Waals surface area contributed by atoms with Crippen molar-refractivity contribution in [2.24, 2.45) is 5.92 Å². The molecular weight excluding hydrogens is 308 g/mol. The van der Waals surface area contributed by atoms with Gasteiger partial charge in [0.15, 0.2) is 11.5 Å². The standard InChI is InChI=1S/C18H26N2O4/c1-19(2)15-5-3-14(11-21)9-20(10-15)18(22)8-13-4-6-16-17(7-13)24-12-23-16/h4,6-7,14-15,21H,3,5,8-12H2,1-2H3/t14-,15+/m0/s1. The molecule has 2 atom stereocenters. The average molecular weight is 334 g/mol. The molecule has 24 heavy (non-hydrogen) atoms. The van der Waals surface area contributed by atoms with E-state index in [-0.39, 0.29) is 25.2 Å². The van der Waals surface area contributed by atoms with Crippen molar-refractivity contribution in [3.8, 4) is 11.5 Å². The fourth-order valence-electron chi connectivity index (χ4n) is 3.36. The summed E-state index contributed by atoms with van der Waals surface area (Å²) < 4.78 is 10.7. The summed E-state index contributed by atoms with van der Waals surface area (Å²) >= 11 is 0. The molecule has 0 saturated carbocycles. The van der Waals surface area contributed by atoms with Crippen LogP contribution in [-0.2, 0) is 11.2 Å². The predicted octanol–water partition coefficient (Wildman–Crippen LogP) is 1.12. The number of nitrogens with zero attached hydrogens (tertiary/aromatic N) is 2. The van der Waals surface area contributed by atoms with E-state index in [0.717, 1.165) is 24.2 Å². The van der Waals surface area contributed by atoms with Crippen molar-refractivity contribution >= 4 is 5.91 Å². The Labute approximate surface area is 143 Å². The summed E-state index contributed by atoms with van der Waals surface area (Å²) in [5, 5.41) is 9.55. The molecule has 0 radical (unpaired) electrons. The van der Waals surface area contributed by atoms with Crippen LogP contribution < -0.4 is 9.47 Å². The maximum absolute atomic E-state index is 12.8. The summed E-state index contributed by atoms with van der Waals surface area (Å²) in [5.74, 6) is 1.70. The number of amides is 1. The highest BCUT2D eigenvalue weighted by atomic mass is 16.7. The molecule has 3 rings (SSSR count). The smallest absolute Gasteiger partial charge is 0.231 e. The Hall–Kier alpha value is -1.79. The van der Waals surface area contributed by atoms with Crippen molar-refractivity contribution in [1.29, 1.82) is 0 Å². The number of ether oxygens (including phenoxy) is 2. The van der Waals surface area contributed by atoms with E-state index in [1.165, 1.54) is 0 Å². The van der Waals surface area contributed by atoms with Crippen molar-refractivity contribution in [1.82, 2.24) is 9.80 Å². The molecular formula is C18H26N2O4. The van der Waals surface area contributed by atoms with Crippen LogP contribution in [0.4, 0.5) is 0 Å². The molecule has 0 aromatic heterocycles. The van der Waals surface area contributed by atoms with Gasteiger partial charge in [-0.15, -0.1) is 0 Å². The largest absolute Gasteiger partial charge is 0.454 e. The van der Waals surface area contributed by atoms with Crippen LogP contribution in [0.5, 0.6) is 11.5 Å². The molecule has 6 heteroatoms. The lowest BCUT2D eigenvalue weighted by Gasteiger charge is -2.29. The second-order valence-electron chi connectivity index (χ2n) is 6.91. The van der Waals surface area contributed by atoms with Gasteiger partial charge < -0.3 is 24.4 Å². The zero-order valence-corrected chi connectivity index (χ0v) is 14.4. The summed E-state index contributed by atoms with van der Waals surface area (Å²) in [7, 11) is 4.09. The molecule has 1 saturated heterocycles. The van der Waals surface area contributed by atoms with Crippen LogP contribution in [0, 0.1) is 5.92 Å². The number of hydrogen-bond acceptors (Lipinski definition) is 5. The van der Waals surface area contributed by atoms with Crippen molar-refractivity contribution < 1.29 is 19.4 Å². The summed E-state index contributed by atoms with van der Waals surface area (Å²) in [6.07, 6.45) is 2.30. The van der Waals surface area contributed by atoms with Gasteiger partial charge in [-0.2, -0.15) is 0 Å². The van der Waals surface area contributed by atoms with E-state index in [4.69, 9.17) is 9.47 Å². The fraction of sp³-hybridized carbons (Fsp3) is 0.611. The minimum absolute atomic E-state index is 0.0982. The van der Waals surface area contributed by atoms with Gasteiger partial charge in [-0.05, 0) is 50.6 Å². The Morgan fingerprint density at radius 1 is 1.25 bits per heavy atom. The van der Waals surface area contributed by atoms with Gasteiger partial charge in [-0.3, -0.25) is 4.79 Å². The normalized spacial score (nSPS) is 23.4. The molecule has 0 aliphatic carbocycles. The molecule has 2 heterocycles. The summed E-state index contributed by atoms with van der Waals surface area (Å²) in [4.78, 5) is 16.9. The second-order valence-corrected chi connectivity index (χ2v) is 6.91. The van der Waals surface area contributed by atoms with E-state index >= 15 is 0 Å². The first-order valence-electron chi connectivity index (χ1n) is 8.50. The zero-order chi connectivity index (χ0) is 17.1. The molecule has 1 fully saturated rings. The molecule has 0 bridgehead atoms. The number of likely N-dealkylation sites (tertiary alicyclic amines) is 1. The number of likely N-dealkylation sites (N-methyl/N-ethyl adjacent to an activating group) is 1. The monoisotopic (exact) mass is 334 g/mol. The van der Waals surface area contributed by atoms with Crippen molar-refractivity contribution in [2.45, 2.75) is 25.3 Å². The molecule has 1 aromatic rings. The first kappa shape index (κ1) is 17.0. The lowest BCUT2D eigenvalue weighted by Crippen LogP contribution is -2.43. The Balaban J connectivity index is 1.69. The molecule has 0 unspecified atom stereocenters. The maximum atomic E-state index is 12.8. The minimum Gasteiger partial charge on any atom is -0.454 e. The van der Waals surface area contributed by atoms with E-state index in [0.29, 0.717) is 31.3 Å². The highest BCUT2D eigenvalue weighted by molar-refractivity contribution is 5.79. The van der Waals surface area contributed by atoms with Crippen LogP contribution in [0.2, 0.25) is 0 Å². The molecule has 1 amide bonds. The number of rotatable bonds is 4. The van der Waals surface area contributed by atoms with Crippen LogP contribution in [0.15, 0.2) is 18.2 Å². The third-order valence-electron chi connectivity index (χ3n) is 4.95. The predicted molar refractivity (Wildman–Crippen MR) is 90.1 cm³/mol. The molecule has 6 nitrogen and oxygen atoms in total. The second kappa shape index (κ2) is 7.40. The van der Waals surface area contributed by atoms with Gasteiger partial charge in [0.1, 0.15) is 0 Å². The topological polar surface area (TPSA) is 62.2 Å². The number of benzene rings is 1. The van der Waals surface area contributed by atoms with Gasteiger partial charge in [-0.1, -0.05) is 6.07 Å². The number of aliphatic hydroxyl groups is 1. The fourth-order valence-corrected chi connectivity index (χ4v) is 3.36. The molecule has 2 aliphatic rings. The SMILES string of the molecule is CN(C)[C@@H]1CC[C@H](CO)CN(C(=O)Cc2ccc3c(c2)OCO3)C1. The number of carbonyl (C=O) groups excluding carboxylic acids is 1. The van der Waals surface area contributed by atoms with Crippen molar-refractivity contribution in [2.75, 3.05) is 40.6 Å². The van der Waals surface area contributed by atoms with E-state index in [1.54, 1.807) is 0 Å². The van der Waals surface area contributed by atoms with Gasteiger partial charge in [0.2, 0.25) is 12.7 Å². The molecule has 0 spiro atoms. The van der Waals surface area contributed by atoms with Crippen LogP contribution >= 0.6 is 0 Å². The summed E-state index contributed by atoms with van der Waals surface area (Å²) in [6.45, 7) is 1.71. The van der Waals surface area contributed by atoms with E-state index in [9.17, 15) is 9.90 Å². The maximum Gasteiger partial charge on any atom is 0.231 e. The lowest BCUT2D eigenvalue weighted by atomic mass is 10.0. The molecule has 1 N–H and O–H groups in total. The quantitative estimate of drug-likeness (QED) is 0.894. The number of aliphatic hydroxyl groups excluding tert-OH is 1. The third-order valence-corrected chi connectivity index (χ3v) is 4.95. The molecule has 2 aliphatic heterocycles. The Morgan fingerprint density at radius 3 is 2.79 bits per heavy atom. The summed E-state index contributed by atoms with van der Waals surface area (Å²) in [5.41, 5.74) is 0.926. The molecule has 1 aromatic carbocycles. The molecule has 132 valence electrons. The van der Waals surface area contributed by atoms with Crippen LogP contribution in [-0.4, -0.2) is 67.4 Å². The average Bonchev–Trinajstić information content (AvgIpc) is 2.90. The van der Waals surface area contributed by atoms with Crippen LogP contribution in [0.3, 0.4) is 0 Å². The van der Waals surface area contributed by atoms with E-state index < -0.39 is 0 Å². The summed E-state index contributed by atoms with van der Waals surface area (Å²) in [6, 6.07) is 5.98. The third kappa shape index (κ3) is 3.82. The Bertz CT molecular complexity index is 590. The van der Waals surface area contributed by atoms with Gasteiger partial charge >= 0.3 is 0 Å². The first-order valence-corrected chi connectivity index (χ1v) is 8.50. The highest BCUT2D eigenvalue weighted by Crippen LogP contribution is 2.32. The van der Waals surface area contributed by atoms with Gasteiger partial charge in [0.05, 0.1) is 6.42 Å². The Morgan fingerprint density at radius 2 is 2.04 bits per heavy atom. The minimum atomic E-state index is 0.0982. The van der Waals surface area contributed by atoms with Crippen molar-refractivity contribution in [3.63, 3.8) is 0 Å². The van der Waals surface area contributed by atoms with E-state index in [2.05, 4.69) is 4.90 Å². The number of hydrogen-bond donors (Lipinski definition) is 1. The highest BCUT2D eigenvalue weighted by Gasteiger charge is 2.28. The zero-order valence-electron chi connectivity index (χ0n) is 14.4. The van der Waals surface area contributed by atoms with Crippen LogP contribution in [0.1, 0.15) is 18.4 Å². The van der Waals surface area contributed by atoms with Crippen LogP contribution in [0.25, 0.3) is 0 Å². The van der Waals surface area contributed by atoms with Gasteiger partial charge in [0.25, 0.3) is 0 Å².